The lowest BCUT2D eigenvalue weighted by Gasteiger charge is -2.16. The Morgan fingerprint density at radius 2 is 1.79 bits per heavy atom. The predicted molar refractivity (Wildman–Crippen MR) is 115 cm³/mol. The molecule has 0 saturated heterocycles. The van der Waals surface area contributed by atoms with Crippen LogP contribution in [0.5, 0.6) is 11.5 Å². The van der Waals surface area contributed by atoms with Crippen LogP contribution in [0.1, 0.15) is 11.1 Å². The summed E-state index contributed by atoms with van der Waals surface area (Å²) in [7, 11) is 1.54. The van der Waals surface area contributed by atoms with Crippen LogP contribution in [0.4, 0.5) is 14.5 Å². The van der Waals surface area contributed by atoms with Crippen LogP contribution in [-0.2, 0) is 13.2 Å². The molecule has 152 valence electrons. The van der Waals surface area contributed by atoms with Crippen LogP contribution in [0, 0.1) is 11.6 Å². The van der Waals surface area contributed by atoms with Crippen molar-refractivity contribution >= 4 is 44.8 Å². The zero-order chi connectivity index (χ0) is 21.0. The molecule has 0 radical (unpaired) electrons. The van der Waals surface area contributed by atoms with Crippen molar-refractivity contribution in [2.24, 2.45) is 0 Å². The van der Waals surface area contributed by atoms with Crippen LogP contribution in [0.15, 0.2) is 53.0 Å². The van der Waals surface area contributed by atoms with Gasteiger partial charge in [0.25, 0.3) is 0 Å². The molecule has 0 saturated carbocycles. The van der Waals surface area contributed by atoms with Gasteiger partial charge in [-0.25, -0.2) is 8.78 Å². The number of hydrogen-bond acceptors (Lipinski definition) is 3. The van der Waals surface area contributed by atoms with Crippen LogP contribution in [0.3, 0.4) is 0 Å². The van der Waals surface area contributed by atoms with Crippen molar-refractivity contribution in [2.45, 2.75) is 13.2 Å². The number of benzene rings is 3. The molecule has 0 aliphatic carbocycles. The van der Waals surface area contributed by atoms with Gasteiger partial charge in [0.15, 0.2) is 11.5 Å². The Balaban J connectivity index is 1.73. The van der Waals surface area contributed by atoms with Gasteiger partial charge in [-0.1, -0.05) is 29.3 Å². The van der Waals surface area contributed by atoms with Gasteiger partial charge in [-0.15, -0.1) is 0 Å². The zero-order valence-electron chi connectivity index (χ0n) is 15.2. The van der Waals surface area contributed by atoms with Crippen LogP contribution in [-0.4, -0.2) is 7.11 Å². The van der Waals surface area contributed by atoms with Gasteiger partial charge in [0.05, 0.1) is 21.6 Å². The van der Waals surface area contributed by atoms with Crippen molar-refractivity contribution in [2.75, 3.05) is 12.4 Å². The van der Waals surface area contributed by atoms with E-state index in [1.807, 2.05) is 12.1 Å². The molecule has 3 nitrogen and oxygen atoms in total. The highest BCUT2D eigenvalue weighted by Crippen LogP contribution is 2.38. The number of anilines is 1. The fourth-order valence-corrected chi connectivity index (χ4v) is 3.62. The maximum atomic E-state index is 13.3. The summed E-state index contributed by atoms with van der Waals surface area (Å²) >= 11 is 15.3. The third-order valence-electron chi connectivity index (χ3n) is 4.09. The Kier molecular flexibility index (Phi) is 7.22. The third kappa shape index (κ3) is 5.53. The smallest absolute Gasteiger partial charge is 0.175 e. The van der Waals surface area contributed by atoms with Crippen molar-refractivity contribution in [3.8, 4) is 11.5 Å². The summed E-state index contributed by atoms with van der Waals surface area (Å²) in [6, 6.07) is 12.3. The van der Waals surface area contributed by atoms with Gasteiger partial charge in [0, 0.05) is 17.8 Å². The Hall–Kier alpha value is -2.02. The molecule has 0 aliphatic rings. The van der Waals surface area contributed by atoms with E-state index in [4.69, 9.17) is 32.7 Å². The molecule has 1 N–H and O–H groups in total. The Bertz CT molecular complexity index is 1030. The fraction of sp³-hybridized carbons (Fsp3) is 0.143. The molecule has 3 rings (SSSR count). The molecular weight excluding hydrogens is 487 g/mol. The van der Waals surface area contributed by atoms with Gasteiger partial charge in [0.1, 0.15) is 18.2 Å². The molecule has 0 bridgehead atoms. The highest BCUT2D eigenvalue weighted by atomic mass is 79.9. The monoisotopic (exact) mass is 501 g/mol. The van der Waals surface area contributed by atoms with Crippen LogP contribution >= 0.6 is 39.1 Å². The lowest BCUT2D eigenvalue weighted by Crippen LogP contribution is -2.03. The van der Waals surface area contributed by atoms with Gasteiger partial charge < -0.3 is 14.8 Å². The quantitative estimate of drug-likeness (QED) is 0.369. The SMILES string of the molecule is COc1cc(CNc2ccc(F)c(Cl)c2)cc(Br)c1OCc1ccc(F)cc1Cl. The summed E-state index contributed by atoms with van der Waals surface area (Å²) < 4.78 is 38.4. The summed E-state index contributed by atoms with van der Waals surface area (Å²) in [4.78, 5) is 0. The number of hydrogen-bond donors (Lipinski definition) is 1. The van der Waals surface area contributed by atoms with E-state index in [1.165, 1.54) is 31.4 Å². The van der Waals surface area contributed by atoms with E-state index in [2.05, 4.69) is 21.2 Å². The second-order valence-corrected chi connectivity index (χ2v) is 7.78. The summed E-state index contributed by atoms with van der Waals surface area (Å²) in [6.45, 7) is 0.612. The normalized spacial score (nSPS) is 10.7. The number of nitrogens with one attached hydrogen (secondary N) is 1. The summed E-state index contributed by atoms with van der Waals surface area (Å²) in [5.74, 6) is 0.147. The minimum atomic E-state index is -0.468. The molecule has 3 aromatic carbocycles. The standard InChI is InChI=1S/C21H16BrCl2F2NO2/c1-28-20-7-12(10-27-15-4-5-19(26)18(24)9-15)6-16(22)21(20)29-11-13-2-3-14(25)8-17(13)23/h2-9,27H,10-11H2,1H3. The van der Waals surface area contributed by atoms with E-state index in [9.17, 15) is 8.78 Å². The molecule has 29 heavy (non-hydrogen) atoms. The molecule has 0 aliphatic heterocycles. The Labute approximate surface area is 185 Å². The van der Waals surface area contributed by atoms with Crippen molar-refractivity contribution in [3.05, 3.63) is 85.8 Å². The highest BCUT2D eigenvalue weighted by Gasteiger charge is 2.13. The molecule has 0 spiro atoms. The van der Waals surface area contributed by atoms with E-state index < -0.39 is 11.6 Å². The molecule has 8 heteroatoms. The van der Waals surface area contributed by atoms with Gasteiger partial charge in [-0.3, -0.25) is 0 Å². The number of methoxy groups -OCH3 is 1. The minimum absolute atomic E-state index is 0.0527. The lowest BCUT2D eigenvalue weighted by molar-refractivity contribution is 0.282. The molecule has 0 atom stereocenters. The first-order valence-corrected chi connectivity index (χ1v) is 10.0. The molecule has 0 aromatic heterocycles. The largest absolute Gasteiger partial charge is 0.493 e. The third-order valence-corrected chi connectivity index (χ3v) is 5.32. The molecule has 0 heterocycles. The van der Waals surface area contributed by atoms with E-state index in [-0.39, 0.29) is 11.6 Å². The summed E-state index contributed by atoms with van der Waals surface area (Å²) in [5, 5.41) is 3.52. The maximum Gasteiger partial charge on any atom is 0.175 e. The summed E-state index contributed by atoms with van der Waals surface area (Å²) in [5.41, 5.74) is 2.25. The second kappa shape index (κ2) is 9.65. The Morgan fingerprint density at radius 1 is 1.00 bits per heavy atom. The van der Waals surface area contributed by atoms with E-state index in [0.717, 1.165) is 5.56 Å². The number of ether oxygens (including phenoxy) is 2. The maximum absolute atomic E-state index is 13.3. The lowest BCUT2D eigenvalue weighted by atomic mass is 10.2. The molecule has 0 amide bonds. The first-order valence-electron chi connectivity index (χ1n) is 8.49. The van der Waals surface area contributed by atoms with Crippen molar-refractivity contribution in [1.82, 2.24) is 0 Å². The van der Waals surface area contributed by atoms with E-state index >= 15 is 0 Å². The van der Waals surface area contributed by atoms with Crippen molar-refractivity contribution < 1.29 is 18.3 Å². The van der Waals surface area contributed by atoms with Crippen molar-refractivity contribution in [1.29, 1.82) is 0 Å². The van der Waals surface area contributed by atoms with Gasteiger partial charge >= 0.3 is 0 Å². The molecule has 3 aromatic rings. The van der Waals surface area contributed by atoms with E-state index in [0.29, 0.717) is 38.8 Å². The van der Waals surface area contributed by atoms with Gasteiger partial charge in [-0.2, -0.15) is 0 Å². The van der Waals surface area contributed by atoms with Crippen LogP contribution < -0.4 is 14.8 Å². The highest BCUT2D eigenvalue weighted by molar-refractivity contribution is 9.10. The predicted octanol–water partition coefficient (Wildman–Crippen LogP) is 7.23. The number of halogens is 5. The van der Waals surface area contributed by atoms with Crippen LogP contribution in [0.25, 0.3) is 0 Å². The van der Waals surface area contributed by atoms with Gasteiger partial charge in [0.2, 0.25) is 0 Å². The first kappa shape index (κ1) is 21.7. The first-order chi connectivity index (χ1) is 13.9. The zero-order valence-corrected chi connectivity index (χ0v) is 18.3. The second-order valence-electron chi connectivity index (χ2n) is 6.12. The Morgan fingerprint density at radius 3 is 2.48 bits per heavy atom. The number of rotatable bonds is 7. The summed E-state index contributed by atoms with van der Waals surface area (Å²) in [6.07, 6.45) is 0. The molecule has 0 unspecified atom stereocenters. The topological polar surface area (TPSA) is 30.5 Å². The van der Waals surface area contributed by atoms with Crippen LogP contribution in [0.2, 0.25) is 10.0 Å². The van der Waals surface area contributed by atoms with Gasteiger partial charge in [-0.05, 0) is 64.0 Å². The molecule has 0 fully saturated rings. The average molecular weight is 503 g/mol. The van der Waals surface area contributed by atoms with Crippen molar-refractivity contribution in [3.63, 3.8) is 0 Å². The minimum Gasteiger partial charge on any atom is -0.493 e. The molecular formula is C21H16BrCl2F2NO2. The fourth-order valence-electron chi connectivity index (χ4n) is 2.61. The average Bonchev–Trinajstić information content (AvgIpc) is 2.69. The van der Waals surface area contributed by atoms with E-state index in [1.54, 1.807) is 12.1 Å².